The van der Waals surface area contributed by atoms with Crippen LogP contribution in [0.2, 0.25) is 5.02 Å². The third kappa shape index (κ3) is 2.94. The van der Waals surface area contributed by atoms with E-state index in [-0.39, 0.29) is 6.04 Å². The molecule has 2 aromatic carbocycles. The van der Waals surface area contributed by atoms with Crippen LogP contribution in [0.3, 0.4) is 0 Å². The fourth-order valence-corrected chi connectivity index (χ4v) is 2.91. The Morgan fingerprint density at radius 2 is 1.78 bits per heavy atom. The first-order valence-corrected chi connectivity index (χ1v) is 6.97. The normalized spacial score (nSPS) is 12.4. The first-order chi connectivity index (χ1) is 8.61. The maximum atomic E-state index is 5.98. The van der Waals surface area contributed by atoms with Crippen molar-refractivity contribution in [3.8, 4) is 0 Å². The maximum absolute atomic E-state index is 5.98. The van der Waals surface area contributed by atoms with Gasteiger partial charge in [0.05, 0.1) is 6.04 Å². The highest BCUT2D eigenvalue weighted by molar-refractivity contribution is 9.10. The molecule has 0 fully saturated rings. The van der Waals surface area contributed by atoms with Crippen molar-refractivity contribution in [3.05, 3.63) is 68.7 Å². The topological polar surface area (TPSA) is 12.0 Å². The third-order valence-corrected chi connectivity index (χ3v) is 3.89. The summed E-state index contributed by atoms with van der Waals surface area (Å²) in [6, 6.07) is 14.6. The Labute approximate surface area is 121 Å². The molecule has 2 rings (SSSR count). The number of benzene rings is 2. The summed E-state index contributed by atoms with van der Waals surface area (Å²) in [5.74, 6) is 0. The second kappa shape index (κ2) is 5.87. The second-order valence-electron chi connectivity index (χ2n) is 4.30. The Balaban J connectivity index is 2.41. The number of hydrogen-bond acceptors (Lipinski definition) is 1. The van der Waals surface area contributed by atoms with Gasteiger partial charge in [-0.1, -0.05) is 63.4 Å². The Morgan fingerprint density at radius 3 is 2.33 bits per heavy atom. The minimum absolute atomic E-state index is 0.164. The molecule has 0 aliphatic carbocycles. The molecule has 94 valence electrons. The lowest BCUT2D eigenvalue weighted by Gasteiger charge is -2.19. The molecule has 0 saturated heterocycles. The van der Waals surface area contributed by atoms with Gasteiger partial charge in [-0.2, -0.15) is 0 Å². The van der Waals surface area contributed by atoms with Gasteiger partial charge in [0.1, 0.15) is 0 Å². The molecule has 0 saturated carbocycles. The van der Waals surface area contributed by atoms with Gasteiger partial charge in [-0.25, -0.2) is 0 Å². The Morgan fingerprint density at radius 1 is 1.11 bits per heavy atom. The van der Waals surface area contributed by atoms with Crippen LogP contribution in [0, 0.1) is 6.92 Å². The van der Waals surface area contributed by atoms with E-state index in [4.69, 9.17) is 11.6 Å². The minimum Gasteiger partial charge on any atom is -0.309 e. The molecule has 0 aromatic heterocycles. The van der Waals surface area contributed by atoms with Gasteiger partial charge in [-0.3, -0.25) is 0 Å². The SMILES string of the molecule is CNC(c1ccc(C)cc1)c1ccc(Cl)cc1Br. The lowest BCUT2D eigenvalue weighted by Crippen LogP contribution is -2.18. The summed E-state index contributed by atoms with van der Waals surface area (Å²) in [6.07, 6.45) is 0. The van der Waals surface area contributed by atoms with E-state index in [1.165, 1.54) is 16.7 Å². The zero-order chi connectivity index (χ0) is 13.1. The molecule has 0 aliphatic rings. The maximum Gasteiger partial charge on any atom is 0.0585 e. The van der Waals surface area contributed by atoms with E-state index in [2.05, 4.69) is 52.4 Å². The number of nitrogens with one attached hydrogen (secondary N) is 1. The lowest BCUT2D eigenvalue weighted by molar-refractivity contribution is 0.689. The average molecular weight is 325 g/mol. The largest absolute Gasteiger partial charge is 0.309 e. The zero-order valence-corrected chi connectivity index (χ0v) is 12.7. The molecule has 0 aliphatic heterocycles. The van der Waals surface area contributed by atoms with Gasteiger partial charge >= 0.3 is 0 Å². The van der Waals surface area contributed by atoms with E-state index >= 15 is 0 Å². The van der Waals surface area contributed by atoms with Gasteiger partial charge in [-0.05, 0) is 37.2 Å². The standard InChI is InChI=1S/C15H15BrClN/c1-10-3-5-11(6-4-10)15(18-2)13-8-7-12(17)9-14(13)16/h3-9,15,18H,1-2H3. The summed E-state index contributed by atoms with van der Waals surface area (Å²) in [6.45, 7) is 2.09. The highest BCUT2D eigenvalue weighted by Crippen LogP contribution is 2.30. The molecule has 0 radical (unpaired) electrons. The van der Waals surface area contributed by atoms with Crippen molar-refractivity contribution in [2.45, 2.75) is 13.0 Å². The summed E-state index contributed by atoms with van der Waals surface area (Å²) in [7, 11) is 1.96. The van der Waals surface area contributed by atoms with Crippen LogP contribution in [0.4, 0.5) is 0 Å². The smallest absolute Gasteiger partial charge is 0.0585 e. The van der Waals surface area contributed by atoms with Crippen molar-refractivity contribution in [3.63, 3.8) is 0 Å². The van der Waals surface area contributed by atoms with Crippen molar-refractivity contribution in [2.24, 2.45) is 0 Å². The Hall–Kier alpha value is -0.830. The zero-order valence-electron chi connectivity index (χ0n) is 10.4. The number of aryl methyl sites for hydroxylation is 1. The molecule has 3 heteroatoms. The van der Waals surface area contributed by atoms with Crippen LogP contribution in [-0.2, 0) is 0 Å². The van der Waals surface area contributed by atoms with Gasteiger partial charge < -0.3 is 5.32 Å². The van der Waals surface area contributed by atoms with E-state index in [0.29, 0.717) is 0 Å². The van der Waals surface area contributed by atoms with E-state index in [1.807, 2.05) is 25.2 Å². The first-order valence-electron chi connectivity index (χ1n) is 5.80. The summed E-state index contributed by atoms with van der Waals surface area (Å²) >= 11 is 9.56. The highest BCUT2D eigenvalue weighted by atomic mass is 79.9. The van der Waals surface area contributed by atoms with Crippen LogP contribution in [0.5, 0.6) is 0 Å². The van der Waals surface area contributed by atoms with Crippen LogP contribution < -0.4 is 5.32 Å². The molecule has 18 heavy (non-hydrogen) atoms. The van der Waals surface area contributed by atoms with Crippen molar-refractivity contribution in [1.29, 1.82) is 0 Å². The molecule has 1 unspecified atom stereocenters. The van der Waals surface area contributed by atoms with Gasteiger partial charge in [0.15, 0.2) is 0 Å². The van der Waals surface area contributed by atoms with Crippen molar-refractivity contribution < 1.29 is 0 Å². The van der Waals surface area contributed by atoms with E-state index < -0.39 is 0 Å². The van der Waals surface area contributed by atoms with E-state index in [1.54, 1.807) is 0 Å². The van der Waals surface area contributed by atoms with E-state index in [9.17, 15) is 0 Å². The molecule has 1 nitrogen and oxygen atoms in total. The quantitative estimate of drug-likeness (QED) is 0.861. The fraction of sp³-hybridized carbons (Fsp3) is 0.200. The first kappa shape index (κ1) is 13.6. The summed E-state index contributed by atoms with van der Waals surface area (Å²) in [5.41, 5.74) is 3.70. The number of halogens is 2. The van der Waals surface area contributed by atoms with Crippen molar-refractivity contribution >= 4 is 27.5 Å². The van der Waals surface area contributed by atoms with Gasteiger partial charge in [-0.15, -0.1) is 0 Å². The Kier molecular flexibility index (Phi) is 4.44. The van der Waals surface area contributed by atoms with Crippen LogP contribution in [0.1, 0.15) is 22.7 Å². The summed E-state index contributed by atoms with van der Waals surface area (Å²) in [4.78, 5) is 0. The third-order valence-electron chi connectivity index (χ3n) is 2.97. The monoisotopic (exact) mass is 323 g/mol. The van der Waals surface area contributed by atoms with Crippen LogP contribution in [-0.4, -0.2) is 7.05 Å². The lowest BCUT2D eigenvalue weighted by atomic mass is 9.98. The van der Waals surface area contributed by atoms with E-state index in [0.717, 1.165) is 9.50 Å². The second-order valence-corrected chi connectivity index (χ2v) is 5.59. The predicted octanol–water partition coefficient (Wildman–Crippen LogP) is 4.72. The molecule has 0 heterocycles. The van der Waals surface area contributed by atoms with Crippen LogP contribution in [0.15, 0.2) is 46.9 Å². The van der Waals surface area contributed by atoms with Crippen molar-refractivity contribution in [1.82, 2.24) is 5.32 Å². The van der Waals surface area contributed by atoms with Gasteiger partial charge in [0.25, 0.3) is 0 Å². The number of rotatable bonds is 3. The van der Waals surface area contributed by atoms with Crippen LogP contribution >= 0.6 is 27.5 Å². The van der Waals surface area contributed by atoms with Crippen LogP contribution in [0.25, 0.3) is 0 Å². The molecule has 1 atom stereocenters. The molecule has 0 spiro atoms. The molecule has 1 N–H and O–H groups in total. The van der Waals surface area contributed by atoms with Crippen molar-refractivity contribution in [2.75, 3.05) is 7.05 Å². The predicted molar refractivity (Wildman–Crippen MR) is 81.2 cm³/mol. The summed E-state index contributed by atoms with van der Waals surface area (Å²) in [5, 5.41) is 4.08. The minimum atomic E-state index is 0.164. The molecular formula is C15H15BrClN. The Bertz CT molecular complexity index is 537. The number of hydrogen-bond donors (Lipinski definition) is 1. The molecule has 0 amide bonds. The van der Waals surface area contributed by atoms with Gasteiger partial charge in [0, 0.05) is 9.50 Å². The molecule has 0 bridgehead atoms. The molecular weight excluding hydrogens is 310 g/mol. The average Bonchev–Trinajstić information content (AvgIpc) is 2.35. The highest BCUT2D eigenvalue weighted by Gasteiger charge is 2.14. The summed E-state index contributed by atoms with van der Waals surface area (Å²) < 4.78 is 1.02. The van der Waals surface area contributed by atoms with Gasteiger partial charge in [0.2, 0.25) is 0 Å². The fourth-order valence-electron chi connectivity index (χ4n) is 2.00. The molecule has 2 aromatic rings.